The highest BCUT2D eigenvalue weighted by atomic mass is 35.5. The third-order valence-electron chi connectivity index (χ3n) is 3.93. The Morgan fingerprint density at radius 2 is 1.78 bits per heavy atom. The van der Waals surface area contributed by atoms with E-state index in [-0.39, 0.29) is 11.8 Å². The van der Waals surface area contributed by atoms with Crippen LogP contribution < -0.4 is 10.1 Å². The van der Waals surface area contributed by atoms with Crippen molar-refractivity contribution in [3.8, 4) is 5.75 Å². The average molecular weight is 350 g/mol. The summed E-state index contributed by atoms with van der Waals surface area (Å²) in [5, 5.41) is 2.87. The lowest BCUT2D eigenvalue weighted by atomic mass is 10.1. The standard InChI is InChI=1S/C18H17Cl2NO2/c1-2-23-14-10-8-13(9-11-14)21-17(22)16-15(18(16,19)20)12-6-4-3-5-7-12/h3-11,15-16H,2H2,1H3,(H,21,22)/t15-,16-/m0/s1. The van der Waals surface area contributed by atoms with Crippen LogP contribution in [0.25, 0.3) is 0 Å². The molecule has 1 amide bonds. The zero-order valence-electron chi connectivity index (χ0n) is 12.6. The molecule has 2 aromatic carbocycles. The van der Waals surface area contributed by atoms with Crippen molar-refractivity contribution in [3.05, 3.63) is 60.2 Å². The van der Waals surface area contributed by atoms with Gasteiger partial charge in [-0.15, -0.1) is 23.2 Å². The molecule has 23 heavy (non-hydrogen) atoms. The summed E-state index contributed by atoms with van der Waals surface area (Å²) in [6.45, 7) is 2.53. The van der Waals surface area contributed by atoms with Crippen LogP contribution in [0.3, 0.4) is 0 Å². The summed E-state index contributed by atoms with van der Waals surface area (Å²) in [4.78, 5) is 12.5. The topological polar surface area (TPSA) is 38.3 Å². The zero-order valence-corrected chi connectivity index (χ0v) is 14.1. The fourth-order valence-electron chi connectivity index (χ4n) is 2.75. The molecule has 0 spiro atoms. The molecule has 1 aliphatic rings. The molecule has 1 aliphatic carbocycles. The van der Waals surface area contributed by atoms with E-state index in [0.717, 1.165) is 11.3 Å². The van der Waals surface area contributed by atoms with Crippen LogP contribution in [0.15, 0.2) is 54.6 Å². The Balaban J connectivity index is 1.69. The number of anilines is 1. The minimum Gasteiger partial charge on any atom is -0.494 e. The van der Waals surface area contributed by atoms with E-state index in [1.165, 1.54) is 0 Å². The van der Waals surface area contributed by atoms with Gasteiger partial charge in [0.2, 0.25) is 5.91 Å². The molecule has 0 saturated heterocycles. The number of carbonyl (C=O) groups excluding carboxylic acids is 1. The number of rotatable bonds is 5. The summed E-state index contributed by atoms with van der Waals surface area (Å²) in [5.41, 5.74) is 1.67. The molecule has 1 saturated carbocycles. The van der Waals surface area contributed by atoms with Gasteiger partial charge in [0.05, 0.1) is 12.5 Å². The SMILES string of the molecule is CCOc1ccc(NC(=O)[C@@H]2[C@H](c3ccccc3)C2(Cl)Cl)cc1. The van der Waals surface area contributed by atoms with E-state index < -0.39 is 10.3 Å². The van der Waals surface area contributed by atoms with Crippen molar-refractivity contribution in [2.75, 3.05) is 11.9 Å². The van der Waals surface area contributed by atoms with Crippen molar-refractivity contribution < 1.29 is 9.53 Å². The molecule has 0 radical (unpaired) electrons. The van der Waals surface area contributed by atoms with Gasteiger partial charge in [-0.1, -0.05) is 30.3 Å². The summed E-state index contributed by atoms with van der Waals surface area (Å²) in [6, 6.07) is 16.9. The summed E-state index contributed by atoms with van der Waals surface area (Å²) >= 11 is 12.6. The van der Waals surface area contributed by atoms with E-state index in [2.05, 4.69) is 5.32 Å². The van der Waals surface area contributed by atoms with Crippen molar-refractivity contribution in [3.63, 3.8) is 0 Å². The first kappa shape index (κ1) is 16.2. The van der Waals surface area contributed by atoms with E-state index >= 15 is 0 Å². The first-order valence-electron chi connectivity index (χ1n) is 7.50. The van der Waals surface area contributed by atoms with E-state index in [1.54, 1.807) is 12.1 Å². The van der Waals surface area contributed by atoms with Gasteiger partial charge in [0.1, 0.15) is 10.1 Å². The minimum atomic E-state index is -1.06. The van der Waals surface area contributed by atoms with Gasteiger partial charge >= 0.3 is 0 Å². The van der Waals surface area contributed by atoms with Crippen LogP contribution >= 0.6 is 23.2 Å². The van der Waals surface area contributed by atoms with Crippen molar-refractivity contribution >= 4 is 34.8 Å². The van der Waals surface area contributed by atoms with Gasteiger partial charge in [0.15, 0.2) is 0 Å². The van der Waals surface area contributed by atoms with Crippen LogP contribution in [0, 0.1) is 5.92 Å². The van der Waals surface area contributed by atoms with Gasteiger partial charge in [-0.3, -0.25) is 4.79 Å². The molecule has 2 aromatic rings. The maximum atomic E-state index is 12.5. The number of hydrogen-bond donors (Lipinski definition) is 1. The highest BCUT2D eigenvalue weighted by Gasteiger charge is 2.67. The lowest BCUT2D eigenvalue weighted by Crippen LogP contribution is -2.17. The van der Waals surface area contributed by atoms with Crippen LogP contribution in [-0.4, -0.2) is 16.8 Å². The Morgan fingerprint density at radius 1 is 1.13 bits per heavy atom. The number of benzene rings is 2. The molecule has 1 N–H and O–H groups in total. The van der Waals surface area contributed by atoms with E-state index in [4.69, 9.17) is 27.9 Å². The largest absolute Gasteiger partial charge is 0.494 e. The second-order valence-electron chi connectivity index (χ2n) is 5.49. The highest BCUT2D eigenvalue weighted by molar-refractivity contribution is 6.53. The van der Waals surface area contributed by atoms with Crippen molar-refractivity contribution in [2.24, 2.45) is 5.92 Å². The maximum Gasteiger partial charge on any atom is 0.231 e. The maximum absolute atomic E-state index is 12.5. The fraction of sp³-hybridized carbons (Fsp3) is 0.278. The molecule has 2 atom stereocenters. The summed E-state index contributed by atoms with van der Waals surface area (Å²) in [6.07, 6.45) is 0. The Hall–Kier alpha value is -1.71. The molecular formula is C18H17Cl2NO2. The highest BCUT2D eigenvalue weighted by Crippen LogP contribution is 2.65. The molecule has 0 aliphatic heterocycles. The van der Waals surface area contributed by atoms with Crippen LogP contribution in [0.1, 0.15) is 18.4 Å². The summed E-state index contributed by atoms with van der Waals surface area (Å²) in [5.74, 6) is -0.0503. The van der Waals surface area contributed by atoms with E-state index in [1.807, 2.05) is 49.4 Å². The second-order valence-corrected chi connectivity index (χ2v) is 6.93. The number of amides is 1. The molecule has 5 heteroatoms. The number of carbonyl (C=O) groups is 1. The molecule has 0 unspecified atom stereocenters. The molecule has 3 nitrogen and oxygen atoms in total. The Kier molecular flexibility index (Phi) is 4.51. The minimum absolute atomic E-state index is 0.173. The van der Waals surface area contributed by atoms with Gasteiger partial charge in [-0.25, -0.2) is 0 Å². The first-order chi connectivity index (χ1) is 11.0. The van der Waals surface area contributed by atoms with Crippen LogP contribution in [0.4, 0.5) is 5.69 Å². The van der Waals surface area contributed by atoms with Gasteiger partial charge in [0, 0.05) is 11.6 Å². The Bertz CT molecular complexity index is 686. The third kappa shape index (κ3) is 3.31. The molecule has 0 bridgehead atoms. The molecule has 120 valence electrons. The predicted molar refractivity (Wildman–Crippen MR) is 93.4 cm³/mol. The molecule has 3 rings (SSSR count). The number of halogens is 2. The Morgan fingerprint density at radius 3 is 2.39 bits per heavy atom. The van der Waals surface area contributed by atoms with E-state index in [0.29, 0.717) is 12.3 Å². The lowest BCUT2D eigenvalue weighted by molar-refractivity contribution is -0.117. The van der Waals surface area contributed by atoms with Gasteiger partial charge < -0.3 is 10.1 Å². The molecular weight excluding hydrogens is 333 g/mol. The zero-order chi connectivity index (χ0) is 16.4. The van der Waals surface area contributed by atoms with Gasteiger partial charge in [-0.2, -0.15) is 0 Å². The third-order valence-corrected chi connectivity index (χ3v) is 4.87. The Labute approximate surface area is 145 Å². The fourth-order valence-corrected chi connectivity index (χ4v) is 3.58. The second kappa shape index (κ2) is 6.42. The summed E-state index contributed by atoms with van der Waals surface area (Å²) < 4.78 is 4.32. The summed E-state index contributed by atoms with van der Waals surface area (Å²) in [7, 11) is 0. The van der Waals surface area contributed by atoms with Crippen LogP contribution in [-0.2, 0) is 4.79 Å². The lowest BCUT2D eigenvalue weighted by Gasteiger charge is -2.07. The van der Waals surface area contributed by atoms with Crippen LogP contribution in [0.5, 0.6) is 5.75 Å². The number of nitrogens with one attached hydrogen (secondary N) is 1. The first-order valence-corrected chi connectivity index (χ1v) is 8.26. The molecule has 1 fully saturated rings. The van der Waals surface area contributed by atoms with Gasteiger partial charge in [-0.05, 0) is 36.8 Å². The van der Waals surface area contributed by atoms with Crippen molar-refractivity contribution in [1.29, 1.82) is 0 Å². The number of ether oxygens (including phenoxy) is 1. The van der Waals surface area contributed by atoms with Crippen molar-refractivity contribution in [2.45, 2.75) is 17.2 Å². The monoisotopic (exact) mass is 349 g/mol. The average Bonchev–Trinajstić information content (AvgIpc) is 3.13. The molecule has 0 aromatic heterocycles. The smallest absolute Gasteiger partial charge is 0.231 e. The normalized spacial score (nSPS) is 21.5. The van der Waals surface area contributed by atoms with Crippen LogP contribution in [0.2, 0.25) is 0 Å². The van der Waals surface area contributed by atoms with Gasteiger partial charge in [0.25, 0.3) is 0 Å². The van der Waals surface area contributed by atoms with E-state index in [9.17, 15) is 4.79 Å². The number of alkyl halides is 2. The quantitative estimate of drug-likeness (QED) is 0.800. The predicted octanol–water partition coefficient (Wildman–Crippen LogP) is 4.61. The molecule has 0 heterocycles. The van der Waals surface area contributed by atoms with Crippen molar-refractivity contribution in [1.82, 2.24) is 0 Å². The number of hydrogen-bond acceptors (Lipinski definition) is 2.